The number of rotatable bonds is 11. The van der Waals surface area contributed by atoms with Crippen LogP contribution in [0.25, 0.3) is 0 Å². The maximum Gasteiger partial charge on any atom is 0.00925 e. The molecule has 2 atom stereocenters. The average molecular weight is 225 g/mol. The molecule has 1 N–H and O–H groups in total. The number of hydrogen-bond acceptors (Lipinski definition) is 1. The lowest BCUT2D eigenvalue weighted by atomic mass is 9.94. The molecule has 0 rings (SSSR count). The van der Waals surface area contributed by atoms with Crippen molar-refractivity contribution in [1.29, 1.82) is 0 Å². The molecular formula is C15H31N. The van der Waals surface area contributed by atoms with Crippen LogP contribution in [0.4, 0.5) is 0 Å². The molecule has 0 bridgehead atoms. The van der Waals surface area contributed by atoms with Crippen molar-refractivity contribution in [1.82, 2.24) is 5.32 Å². The van der Waals surface area contributed by atoms with Crippen LogP contribution >= 0.6 is 0 Å². The Morgan fingerprint density at radius 2 is 1.94 bits per heavy atom. The Kier molecular flexibility index (Phi) is 11.0. The number of hydrogen-bond donors (Lipinski definition) is 1. The lowest BCUT2D eigenvalue weighted by Gasteiger charge is -2.24. The van der Waals surface area contributed by atoms with Crippen molar-refractivity contribution in [2.24, 2.45) is 5.92 Å². The van der Waals surface area contributed by atoms with E-state index >= 15 is 0 Å². The lowest BCUT2D eigenvalue weighted by molar-refractivity contribution is 0.338. The molecule has 0 aliphatic rings. The fourth-order valence-electron chi connectivity index (χ4n) is 2.03. The van der Waals surface area contributed by atoms with Gasteiger partial charge in [-0.2, -0.15) is 0 Å². The van der Waals surface area contributed by atoms with Crippen LogP contribution < -0.4 is 5.32 Å². The SMILES string of the molecule is C=CCCCCCC(NCCC)C(C)CC. The van der Waals surface area contributed by atoms with Crippen molar-refractivity contribution in [3.05, 3.63) is 12.7 Å². The summed E-state index contributed by atoms with van der Waals surface area (Å²) in [5.41, 5.74) is 0. The smallest absolute Gasteiger partial charge is 0.00925 e. The van der Waals surface area contributed by atoms with E-state index in [1.165, 1.54) is 51.5 Å². The number of allylic oxidation sites excluding steroid dienone is 1. The highest BCUT2D eigenvalue weighted by atomic mass is 14.9. The van der Waals surface area contributed by atoms with Gasteiger partial charge in [-0.25, -0.2) is 0 Å². The summed E-state index contributed by atoms with van der Waals surface area (Å²) in [4.78, 5) is 0. The van der Waals surface area contributed by atoms with Gasteiger partial charge in [-0.1, -0.05) is 46.1 Å². The summed E-state index contributed by atoms with van der Waals surface area (Å²) in [6.07, 6.45) is 11.1. The maximum absolute atomic E-state index is 3.76. The normalized spacial score (nSPS) is 14.7. The van der Waals surface area contributed by atoms with E-state index in [4.69, 9.17) is 0 Å². The summed E-state index contributed by atoms with van der Waals surface area (Å²) in [6.45, 7) is 11.8. The summed E-state index contributed by atoms with van der Waals surface area (Å²) in [5.74, 6) is 0.811. The van der Waals surface area contributed by atoms with E-state index in [2.05, 4.69) is 32.7 Å². The van der Waals surface area contributed by atoms with Crippen LogP contribution in [0.15, 0.2) is 12.7 Å². The fraction of sp³-hybridized carbons (Fsp3) is 0.867. The van der Waals surface area contributed by atoms with Gasteiger partial charge in [-0.05, 0) is 38.1 Å². The Morgan fingerprint density at radius 1 is 1.19 bits per heavy atom. The zero-order valence-corrected chi connectivity index (χ0v) is 11.6. The molecule has 0 aromatic carbocycles. The van der Waals surface area contributed by atoms with Crippen molar-refractivity contribution >= 4 is 0 Å². The van der Waals surface area contributed by atoms with Gasteiger partial charge in [0.05, 0.1) is 0 Å². The van der Waals surface area contributed by atoms with Gasteiger partial charge in [-0.15, -0.1) is 6.58 Å². The molecule has 0 aromatic heterocycles. The molecule has 96 valence electrons. The monoisotopic (exact) mass is 225 g/mol. The van der Waals surface area contributed by atoms with Gasteiger partial charge < -0.3 is 5.32 Å². The Balaban J connectivity index is 3.68. The molecule has 0 amide bonds. The van der Waals surface area contributed by atoms with Crippen LogP contribution in [0.2, 0.25) is 0 Å². The molecule has 16 heavy (non-hydrogen) atoms. The minimum Gasteiger partial charge on any atom is -0.314 e. The molecule has 0 fully saturated rings. The molecule has 1 heteroatoms. The molecule has 0 saturated carbocycles. The highest BCUT2D eigenvalue weighted by Gasteiger charge is 2.13. The molecule has 0 aliphatic carbocycles. The van der Waals surface area contributed by atoms with Crippen molar-refractivity contribution in [3.63, 3.8) is 0 Å². The third-order valence-corrected chi connectivity index (χ3v) is 3.41. The molecule has 1 nitrogen and oxygen atoms in total. The predicted octanol–water partition coefficient (Wildman–Crippen LogP) is 4.54. The largest absolute Gasteiger partial charge is 0.314 e. The standard InChI is InChI=1S/C15H31N/c1-5-8-9-10-11-12-15(14(4)7-3)16-13-6-2/h5,14-16H,1,6-13H2,2-4H3. The second-order valence-electron chi connectivity index (χ2n) is 4.87. The lowest BCUT2D eigenvalue weighted by Crippen LogP contribution is -2.35. The van der Waals surface area contributed by atoms with Crippen LogP contribution in [0, 0.1) is 5.92 Å². The van der Waals surface area contributed by atoms with E-state index in [1.54, 1.807) is 0 Å². The fourth-order valence-corrected chi connectivity index (χ4v) is 2.03. The minimum atomic E-state index is 0.730. The van der Waals surface area contributed by atoms with E-state index in [0.29, 0.717) is 0 Å². The summed E-state index contributed by atoms with van der Waals surface area (Å²) < 4.78 is 0. The van der Waals surface area contributed by atoms with Gasteiger partial charge >= 0.3 is 0 Å². The Bertz CT molecular complexity index is 154. The molecule has 0 spiro atoms. The van der Waals surface area contributed by atoms with E-state index in [0.717, 1.165) is 12.0 Å². The highest BCUT2D eigenvalue weighted by molar-refractivity contribution is 4.73. The topological polar surface area (TPSA) is 12.0 Å². The first-order valence-corrected chi connectivity index (χ1v) is 7.10. The molecule has 0 saturated heterocycles. The van der Waals surface area contributed by atoms with Gasteiger partial charge in [0.1, 0.15) is 0 Å². The summed E-state index contributed by atoms with van der Waals surface area (Å²) in [7, 11) is 0. The van der Waals surface area contributed by atoms with Gasteiger partial charge in [-0.3, -0.25) is 0 Å². The predicted molar refractivity (Wildman–Crippen MR) is 74.8 cm³/mol. The molecule has 0 aromatic rings. The molecule has 0 heterocycles. The zero-order valence-electron chi connectivity index (χ0n) is 11.6. The molecular weight excluding hydrogens is 194 g/mol. The Labute approximate surface area is 103 Å². The molecule has 0 radical (unpaired) electrons. The van der Waals surface area contributed by atoms with Crippen LogP contribution in [-0.2, 0) is 0 Å². The first-order chi connectivity index (χ1) is 7.76. The van der Waals surface area contributed by atoms with E-state index in [-0.39, 0.29) is 0 Å². The molecule has 2 unspecified atom stereocenters. The zero-order chi connectivity index (χ0) is 12.2. The Hall–Kier alpha value is -0.300. The quantitative estimate of drug-likeness (QED) is 0.402. The number of unbranched alkanes of at least 4 members (excludes halogenated alkanes) is 3. The second kappa shape index (κ2) is 11.2. The summed E-state index contributed by atoms with van der Waals surface area (Å²) in [5, 5.41) is 3.69. The van der Waals surface area contributed by atoms with E-state index in [1.807, 2.05) is 6.08 Å². The van der Waals surface area contributed by atoms with Crippen molar-refractivity contribution in [3.8, 4) is 0 Å². The van der Waals surface area contributed by atoms with Crippen LogP contribution in [0.1, 0.15) is 65.7 Å². The van der Waals surface area contributed by atoms with Gasteiger partial charge in [0, 0.05) is 6.04 Å². The summed E-state index contributed by atoms with van der Waals surface area (Å²) in [6, 6.07) is 0.730. The van der Waals surface area contributed by atoms with Crippen LogP contribution in [0.5, 0.6) is 0 Å². The average Bonchev–Trinajstić information content (AvgIpc) is 2.31. The second-order valence-corrected chi connectivity index (χ2v) is 4.87. The third kappa shape index (κ3) is 7.92. The van der Waals surface area contributed by atoms with Crippen molar-refractivity contribution < 1.29 is 0 Å². The van der Waals surface area contributed by atoms with Crippen LogP contribution in [-0.4, -0.2) is 12.6 Å². The van der Waals surface area contributed by atoms with Gasteiger partial charge in [0.15, 0.2) is 0 Å². The van der Waals surface area contributed by atoms with E-state index in [9.17, 15) is 0 Å². The minimum absolute atomic E-state index is 0.730. The maximum atomic E-state index is 3.76. The van der Waals surface area contributed by atoms with E-state index < -0.39 is 0 Å². The van der Waals surface area contributed by atoms with Gasteiger partial charge in [0.2, 0.25) is 0 Å². The van der Waals surface area contributed by atoms with Crippen LogP contribution in [0.3, 0.4) is 0 Å². The van der Waals surface area contributed by atoms with Crippen molar-refractivity contribution in [2.75, 3.05) is 6.54 Å². The Morgan fingerprint density at radius 3 is 2.50 bits per heavy atom. The van der Waals surface area contributed by atoms with Crippen molar-refractivity contribution in [2.45, 2.75) is 71.8 Å². The first kappa shape index (κ1) is 15.7. The first-order valence-electron chi connectivity index (χ1n) is 7.10. The number of nitrogens with one attached hydrogen (secondary N) is 1. The van der Waals surface area contributed by atoms with Gasteiger partial charge in [0.25, 0.3) is 0 Å². The molecule has 0 aliphatic heterocycles. The highest BCUT2D eigenvalue weighted by Crippen LogP contribution is 2.15. The summed E-state index contributed by atoms with van der Waals surface area (Å²) >= 11 is 0. The third-order valence-electron chi connectivity index (χ3n) is 3.41.